The number of allylic oxidation sites excluding steroid dienone is 30. The molecule has 0 bridgehead atoms. The Hall–Kier alpha value is -4.89. The van der Waals surface area contributed by atoms with Crippen LogP contribution in [0.4, 0.5) is 0 Å². The molecule has 0 saturated carbocycles. The summed E-state index contributed by atoms with van der Waals surface area (Å²) in [5.74, 6) is -0.886. The van der Waals surface area contributed by atoms with E-state index in [1.807, 2.05) is 21.1 Å². The van der Waals surface area contributed by atoms with Gasteiger partial charge in [-0.05, 0) is 135 Å². The third-order valence-corrected chi connectivity index (χ3v) is 14.4. The molecule has 86 heavy (non-hydrogen) atoms. The van der Waals surface area contributed by atoms with Crippen LogP contribution in [0.2, 0.25) is 0 Å². The molecule has 2 unspecified atom stereocenters. The molecule has 0 aliphatic carbocycles. The molecule has 0 rings (SSSR count). The fourth-order valence-electron chi connectivity index (χ4n) is 8.36. The average Bonchev–Trinajstić information content (AvgIpc) is 3.67. The average molecular weight is 1210 g/mol. The van der Waals surface area contributed by atoms with Crippen molar-refractivity contribution in [3.8, 4) is 0 Å². The number of quaternary nitrogens is 1. The van der Waals surface area contributed by atoms with Crippen LogP contribution in [0.15, 0.2) is 182 Å². The highest BCUT2D eigenvalue weighted by molar-refractivity contribution is 7.45. The van der Waals surface area contributed by atoms with Crippen molar-refractivity contribution in [2.24, 2.45) is 0 Å². The van der Waals surface area contributed by atoms with Crippen molar-refractivity contribution in [3.63, 3.8) is 0 Å². The summed E-state index contributed by atoms with van der Waals surface area (Å²) < 4.78 is 34.2. The lowest BCUT2D eigenvalue weighted by atomic mass is 10.0. The highest BCUT2D eigenvalue weighted by Gasteiger charge is 2.22. The van der Waals surface area contributed by atoms with E-state index in [0.717, 1.165) is 135 Å². The van der Waals surface area contributed by atoms with E-state index in [-0.39, 0.29) is 26.1 Å². The number of ether oxygens (including phenoxy) is 2. The maximum Gasteiger partial charge on any atom is 0.306 e. The molecule has 0 N–H and O–H groups in total. The van der Waals surface area contributed by atoms with Gasteiger partial charge in [0.1, 0.15) is 19.8 Å². The van der Waals surface area contributed by atoms with Crippen molar-refractivity contribution in [2.75, 3.05) is 47.5 Å². The van der Waals surface area contributed by atoms with Crippen molar-refractivity contribution in [3.05, 3.63) is 182 Å². The van der Waals surface area contributed by atoms with E-state index in [0.29, 0.717) is 23.9 Å². The molecule has 0 aromatic heterocycles. The van der Waals surface area contributed by atoms with Crippen LogP contribution in [0.1, 0.15) is 232 Å². The summed E-state index contributed by atoms with van der Waals surface area (Å²) in [5, 5.41) is 0. The molecule has 0 amide bonds. The zero-order valence-electron chi connectivity index (χ0n) is 54.9. The Balaban J connectivity index is 4.23. The molecule has 0 spiro atoms. The van der Waals surface area contributed by atoms with E-state index in [2.05, 4.69) is 196 Å². The topological polar surface area (TPSA) is 111 Å². The minimum atomic E-state index is -4.66. The molecule has 0 radical (unpaired) electrons. The third kappa shape index (κ3) is 68.2. The number of phosphoric ester groups is 1. The van der Waals surface area contributed by atoms with Crippen LogP contribution < -0.4 is 4.89 Å². The minimum Gasteiger partial charge on any atom is -0.756 e. The monoisotopic (exact) mass is 1210 g/mol. The second-order valence-corrected chi connectivity index (χ2v) is 24.1. The van der Waals surface area contributed by atoms with Gasteiger partial charge in [0.25, 0.3) is 7.82 Å². The summed E-state index contributed by atoms with van der Waals surface area (Å²) in [6, 6.07) is 0. The lowest BCUT2D eigenvalue weighted by Crippen LogP contribution is -2.37. The van der Waals surface area contributed by atoms with E-state index in [1.165, 1.54) is 57.8 Å². The maximum atomic E-state index is 12.8. The fraction of sp³-hybridized carbons (Fsp3) is 0.579. The standard InChI is InChI=1S/C76H122NO8P/c1-6-8-10-12-14-16-18-20-22-24-26-28-30-32-33-34-35-36-37-38-39-40-41-42-43-45-47-49-51-53-55-57-59-61-63-65-67-69-76(79)85-74(73-84-86(80,81)83-71-70-77(3,4)5)72-82-75(78)68-66-64-62-60-58-56-54-52-50-48-46-44-31-29-27-25-23-21-19-17-15-13-11-9-7-2/h8-11,14-17,20-23,26-29,32-33,35-36,38-39,41-42,45,47,51,53,57,59,74H,6-7,12-13,18-19,24-25,30-31,34,37,40,43-44,46,48-50,52,54-56,58,60-73H2,1-5H3/b10-8-,11-9-,16-14-,17-15-,22-20-,23-21-,28-26-,29-27-,33-32-,36-35-,39-38-,42-41-,47-45-,53-51-,59-57-. The van der Waals surface area contributed by atoms with E-state index in [1.54, 1.807) is 0 Å². The van der Waals surface area contributed by atoms with Gasteiger partial charge in [-0.1, -0.05) is 267 Å². The Morgan fingerprint density at radius 2 is 0.628 bits per heavy atom. The second-order valence-electron chi connectivity index (χ2n) is 22.7. The first kappa shape index (κ1) is 81.1. The SMILES string of the molecule is CC/C=C\C/C=C\C/C=C\C/C=C\C/C=C\C/C=C\C/C=C\C/C=C\C/C=C\C/C=C\C/C=C\CCCCCC(=O)OC(COC(=O)CCCCCCCCCCCCCC/C=C\C/C=C\C/C=C\C/C=C\CC)COP(=O)([O-])OCC[N+](C)(C)C. The molecule has 9 nitrogen and oxygen atoms in total. The summed E-state index contributed by atoms with van der Waals surface area (Å²) in [7, 11) is 1.12. The number of carbonyl (C=O) groups is 2. The Morgan fingerprint density at radius 3 is 0.942 bits per heavy atom. The number of rotatable bonds is 59. The number of carbonyl (C=O) groups excluding carboxylic acids is 2. The van der Waals surface area contributed by atoms with E-state index >= 15 is 0 Å². The molecule has 0 aromatic rings. The molecule has 0 fully saturated rings. The van der Waals surface area contributed by atoms with Crippen molar-refractivity contribution >= 4 is 19.8 Å². The summed E-state index contributed by atoms with van der Waals surface area (Å²) in [6.07, 6.45) is 99.6. The number of esters is 2. The Bertz CT molecular complexity index is 2100. The van der Waals surface area contributed by atoms with Crippen LogP contribution in [0, 0.1) is 0 Å². The molecule has 484 valence electrons. The Kier molecular flexibility index (Phi) is 60.9. The number of phosphoric acid groups is 1. The third-order valence-electron chi connectivity index (χ3n) is 13.4. The molecule has 0 aliphatic rings. The van der Waals surface area contributed by atoms with Gasteiger partial charge in [0.2, 0.25) is 0 Å². The molecular formula is C76H122NO8P. The molecule has 2 atom stereocenters. The maximum absolute atomic E-state index is 12.8. The predicted molar refractivity (Wildman–Crippen MR) is 369 cm³/mol. The second kappa shape index (κ2) is 64.6. The molecule has 10 heteroatoms. The van der Waals surface area contributed by atoms with Crippen LogP contribution in [-0.4, -0.2) is 70.0 Å². The normalized spacial score (nSPS) is 14.3. The number of hydrogen-bond acceptors (Lipinski definition) is 8. The lowest BCUT2D eigenvalue weighted by Gasteiger charge is -2.28. The van der Waals surface area contributed by atoms with Gasteiger partial charge in [-0.3, -0.25) is 14.2 Å². The first-order valence-electron chi connectivity index (χ1n) is 33.5. The molecule has 0 aromatic carbocycles. The molecule has 0 aliphatic heterocycles. The fourth-order valence-corrected chi connectivity index (χ4v) is 9.09. The van der Waals surface area contributed by atoms with Gasteiger partial charge >= 0.3 is 11.9 Å². The van der Waals surface area contributed by atoms with Crippen LogP contribution in [0.25, 0.3) is 0 Å². The van der Waals surface area contributed by atoms with Gasteiger partial charge < -0.3 is 27.9 Å². The van der Waals surface area contributed by atoms with Gasteiger partial charge in [0, 0.05) is 12.8 Å². The smallest absolute Gasteiger partial charge is 0.306 e. The summed E-state index contributed by atoms with van der Waals surface area (Å²) in [6.45, 7) is 3.95. The van der Waals surface area contributed by atoms with Crippen LogP contribution >= 0.6 is 7.82 Å². The van der Waals surface area contributed by atoms with Crippen molar-refractivity contribution in [1.29, 1.82) is 0 Å². The van der Waals surface area contributed by atoms with Gasteiger partial charge in [-0.15, -0.1) is 0 Å². The predicted octanol–water partition coefficient (Wildman–Crippen LogP) is 21.3. The van der Waals surface area contributed by atoms with Crippen LogP contribution in [0.5, 0.6) is 0 Å². The Morgan fingerprint density at radius 1 is 0.360 bits per heavy atom. The Labute approximate surface area is 527 Å². The first-order valence-corrected chi connectivity index (χ1v) is 35.0. The van der Waals surface area contributed by atoms with E-state index in [4.69, 9.17) is 18.5 Å². The highest BCUT2D eigenvalue weighted by atomic mass is 31.2. The number of nitrogens with zero attached hydrogens (tertiary/aromatic N) is 1. The zero-order valence-corrected chi connectivity index (χ0v) is 55.8. The van der Waals surface area contributed by atoms with Gasteiger partial charge in [0.05, 0.1) is 27.7 Å². The number of hydrogen-bond donors (Lipinski definition) is 0. The molecule has 0 heterocycles. The van der Waals surface area contributed by atoms with E-state index in [9.17, 15) is 19.0 Å². The molecule has 0 saturated heterocycles. The summed E-state index contributed by atoms with van der Waals surface area (Å²) >= 11 is 0. The van der Waals surface area contributed by atoms with Gasteiger partial charge in [0.15, 0.2) is 6.10 Å². The minimum absolute atomic E-state index is 0.0480. The van der Waals surface area contributed by atoms with Crippen LogP contribution in [0.3, 0.4) is 0 Å². The summed E-state index contributed by atoms with van der Waals surface area (Å²) in [5.41, 5.74) is 0. The van der Waals surface area contributed by atoms with Crippen molar-refractivity contribution in [1.82, 2.24) is 0 Å². The first-order chi connectivity index (χ1) is 42.0. The van der Waals surface area contributed by atoms with Crippen LogP contribution in [-0.2, 0) is 32.7 Å². The van der Waals surface area contributed by atoms with Crippen molar-refractivity contribution < 1.29 is 42.1 Å². The molecular weight excluding hydrogens is 1090 g/mol. The van der Waals surface area contributed by atoms with Crippen molar-refractivity contribution in [2.45, 2.75) is 238 Å². The lowest BCUT2D eigenvalue weighted by molar-refractivity contribution is -0.870. The largest absolute Gasteiger partial charge is 0.756 e. The number of unbranched alkanes of at least 4 members (excludes halogenated alkanes) is 15. The highest BCUT2D eigenvalue weighted by Crippen LogP contribution is 2.38. The van der Waals surface area contributed by atoms with Gasteiger partial charge in [-0.25, -0.2) is 0 Å². The number of likely N-dealkylation sites (N-methyl/N-ethyl adjacent to an activating group) is 1. The summed E-state index contributed by atoms with van der Waals surface area (Å²) in [4.78, 5) is 38.0. The zero-order chi connectivity index (χ0) is 62.6. The van der Waals surface area contributed by atoms with E-state index < -0.39 is 32.5 Å². The quantitative estimate of drug-likeness (QED) is 0.0195. The van der Waals surface area contributed by atoms with Gasteiger partial charge in [-0.2, -0.15) is 0 Å².